The van der Waals surface area contributed by atoms with Crippen LogP contribution in [0.1, 0.15) is 83.4 Å². The van der Waals surface area contributed by atoms with Crippen LogP contribution in [0.5, 0.6) is 0 Å². The minimum Gasteiger partial charge on any atom is -0.480 e. The van der Waals surface area contributed by atoms with Gasteiger partial charge in [-0.3, -0.25) is 63.0 Å². The van der Waals surface area contributed by atoms with Crippen LogP contribution in [0.2, 0.25) is 0 Å². The average molecular weight is 1470 g/mol. The van der Waals surface area contributed by atoms with E-state index >= 15 is 0 Å². The Kier molecular flexibility index (Phi) is 31.9. The highest BCUT2D eigenvalue weighted by Crippen LogP contribution is 2.44. The van der Waals surface area contributed by atoms with Gasteiger partial charge in [-0.25, -0.2) is 14.4 Å². The van der Waals surface area contributed by atoms with E-state index < -0.39 is 170 Å². The van der Waals surface area contributed by atoms with E-state index in [4.69, 9.17) is 15.2 Å². The molecule has 0 spiro atoms. The van der Waals surface area contributed by atoms with Crippen LogP contribution in [0.3, 0.4) is 0 Å². The Morgan fingerprint density at radius 1 is 0.575 bits per heavy atom. The molecule has 0 fully saturated rings. The number of alkyl carbamates (subject to hydrolysis) is 1. The van der Waals surface area contributed by atoms with Crippen LogP contribution >= 0.6 is 0 Å². The minimum absolute atomic E-state index is 0.0445. The van der Waals surface area contributed by atoms with Crippen molar-refractivity contribution in [3.8, 4) is 11.1 Å². The lowest BCUT2D eigenvalue weighted by atomic mass is 9.98. The fourth-order valence-electron chi connectivity index (χ4n) is 10.7. The molecule has 7 atom stereocenters. The number of aliphatic carboxylic acids is 1. The number of azo groups is 1. The molecule has 0 aliphatic heterocycles. The molecule has 0 bridgehead atoms. The molecule has 1 aliphatic rings. The number of benzene rings is 5. The van der Waals surface area contributed by atoms with Crippen molar-refractivity contribution >= 4 is 100.0 Å². The number of aliphatic hydroxyl groups is 1. The highest BCUT2D eigenvalue weighted by molar-refractivity contribution is 5.97. The molecule has 106 heavy (non-hydrogen) atoms. The topological polar surface area (TPSA) is 501 Å². The zero-order valence-corrected chi connectivity index (χ0v) is 59.2. The van der Waals surface area contributed by atoms with Crippen LogP contribution < -0.4 is 63.8 Å². The van der Waals surface area contributed by atoms with E-state index in [1.807, 2.05) is 60.4 Å². The van der Waals surface area contributed by atoms with Gasteiger partial charge in [-0.2, -0.15) is 10.2 Å². The van der Waals surface area contributed by atoms with E-state index in [1.54, 1.807) is 68.4 Å². The van der Waals surface area contributed by atoms with E-state index in [0.717, 1.165) is 27.9 Å². The lowest BCUT2D eigenvalue weighted by molar-refractivity contribution is -0.384. The van der Waals surface area contributed by atoms with Crippen molar-refractivity contribution in [2.75, 3.05) is 63.9 Å². The van der Waals surface area contributed by atoms with Gasteiger partial charge >= 0.3 is 18.2 Å². The molecule has 0 unspecified atom stereocenters. The maximum Gasteiger partial charge on any atom is 0.410 e. The number of non-ortho nitro benzene ring substituents is 1. The van der Waals surface area contributed by atoms with Crippen molar-refractivity contribution in [2.45, 2.75) is 116 Å². The van der Waals surface area contributed by atoms with E-state index in [1.165, 1.54) is 49.9 Å². The Balaban J connectivity index is 1.05. The first-order valence-corrected chi connectivity index (χ1v) is 33.9. The number of nitro benzene ring substituents is 1. The number of carbonyl (C=O) groups is 13. The first-order chi connectivity index (χ1) is 50.5. The summed E-state index contributed by atoms with van der Waals surface area (Å²) in [5, 5.41) is 63.5. The highest BCUT2D eigenvalue weighted by atomic mass is 16.6. The molecule has 0 radical (unpaired) electrons. The second-order valence-corrected chi connectivity index (χ2v) is 25.0. The van der Waals surface area contributed by atoms with Gasteiger partial charge in [0.15, 0.2) is 0 Å². The predicted molar refractivity (Wildman–Crippen MR) is 382 cm³/mol. The number of hydrogen-bond acceptors (Lipinski definition) is 21. The van der Waals surface area contributed by atoms with Gasteiger partial charge in [0.1, 0.15) is 56.0 Å². The molecule has 0 saturated carbocycles. The number of ether oxygens (including phenoxy) is 2. The normalized spacial score (nSPS) is 13.4. The third-order valence-corrected chi connectivity index (χ3v) is 16.4. The second-order valence-electron chi connectivity index (χ2n) is 25.0. The predicted octanol–water partition coefficient (Wildman–Crippen LogP) is 2.09. The zero-order valence-electron chi connectivity index (χ0n) is 59.2. The average Bonchev–Trinajstić information content (AvgIpc) is 1.62. The Bertz CT molecular complexity index is 3930. The van der Waals surface area contributed by atoms with E-state index in [9.17, 15) is 82.7 Å². The number of fused-ring (bicyclic) bond motifs is 3. The maximum absolute atomic E-state index is 14.1. The van der Waals surface area contributed by atoms with Crippen LogP contribution in [-0.2, 0) is 68.8 Å². The number of amides is 12. The molecule has 5 aromatic carbocycles. The summed E-state index contributed by atoms with van der Waals surface area (Å²) in [5.41, 5.74) is 11.1. The number of primary amides is 1. The van der Waals surface area contributed by atoms with Gasteiger partial charge in [-0.05, 0) is 111 Å². The summed E-state index contributed by atoms with van der Waals surface area (Å²) in [6.45, 7) is 6.00. The molecular weight excluding hydrogens is 1380 g/mol. The number of hydrogen-bond donors (Lipinski definition) is 13. The van der Waals surface area contributed by atoms with Crippen molar-refractivity contribution in [1.82, 2.24) is 58.1 Å². The monoisotopic (exact) mass is 1470 g/mol. The number of anilines is 1. The van der Waals surface area contributed by atoms with Gasteiger partial charge in [0.05, 0.1) is 42.0 Å². The molecule has 14 N–H and O–H groups in total. The Morgan fingerprint density at radius 3 is 1.73 bits per heavy atom. The number of nitro groups is 1. The van der Waals surface area contributed by atoms with Gasteiger partial charge in [0.25, 0.3) is 5.69 Å². The molecule has 35 nitrogen and oxygen atoms in total. The Labute approximate surface area is 609 Å². The largest absolute Gasteiger partial charge is 0.480 e. The molecule has 566 valence electrons. The van der Waals surface area contributed by atoms with E-state index in [0.29, 0.717) is 23.5 Å². The van der Waals surface area contributed by atoms with Crippen LogP contribution in [0.4, 0.5) is 32.3 Å². The SMILES string of the molecule is CCN(CCN(CC(=O)NCC(=O)N[C@@H](C)C(=O)N[C@@H](CCC(=O)N[C@@H](CC(C)C)C(=O)N[C@H](CNC(=O)[C@@H](NC(=O)OCc1ccccc1)[C@@H](C)O)C(=O)N[C@@H](C)C(=O)NCC(=O)NCC(N)=O)C(=O)O)C(=O)OCC1c2ccccc2-c2ccccc21)c1ccc(N=Nc2ccc([N+](=O)[O-])cc2)cc1. The van der Waals surface area contributed by atoms with Gasteiger partial charge in [0, 0.05) is 56.3 Å². The van der Waals surface area contributed by atoms with Crippen LogP contribution in [0.15, 0.2) is 138 Å². The molecule has 1 aliphatic carbocycles. The maximum atomic E-state index is 14.1. The number of aliphatic hydroxyl groups excluding tert-OH is 1. The minimum atomic E-state index is -1.77. The number of rotatable bonds is 40. The second kappa shape index (κ2) is 41.0. The summed E-state index contributed by atoms with van der Waals surface area (Å²) >= 11 is 0. The van der Waals surface area contributed by atoms with Crippen molar-refractivity contribution in [1.29, 1.82) is 0 Å². The standard InChI is InChI=1S/C71H88N16O19/c1-7-85(48-25-21-46(22-26-48)83-84-47-23-27-49(28-24-47)87(103)104)31-32-86(71(102)106-40-54-52-19-13-11-17-50(52)51-18-12-14-20-53(51)54)38-62(93)74-37-61(92)77-43(5)65(95)80-55(69(99)100)29-30-59(90)79-56(33-41(2)3)66(96)81-57(67(97)78-42(4)64(94)76-36-60(91)73-35-58(72)89)34-75-68(98)63(44(6)88)82-70(101)105-39-45-15-9-8-10-16-45/h8-28,41-44,54-57,63,88H,7,29-40H2,1-6H3,(H2,72,89)(H,73,91)(H,74,93)(H,75,98)(H,76,94)(H,77,92)(H,78,97)(H,79,90)(H,80,95)(H,81,96)(H,82,101)(H,99,100)/t42-,43-,44+,55-,56-,57+,63-/m0/s1. The summed E-state index contributed by atoms with van der Waals surface area (Å²) in [4.78, 5) is 185. The van der Waals surface area contributed by atoms with Gasteiger partial charge in [-0.15, -0.1) is 0 Å². The third-order valence-electron chi connectivity index (χ3n) is 16.4. The summed E-state index contributed by atoms with van der Waals surface area (Å²) < 4.78 is 11.1. The fourth-order valence-corrected chi connectivity index (χ4v) is 10.7. The summed E-state index contributed by atoms with van der Waals surface area (Å²) in [6.07, 6.45) is -4.76. The number of nitrogens with zero attached hydrogens (tertiary/aromatic N) is 5. The number of nitrogens with one attached hydrogen (secondary N) is 10. The summed E-state index contributed by atoms with van der Waals surface area (Å²) in [7, 11) is 0. The zero-order chi connectivity index (χ0) is 77.6. The van der Waals surface area contributed by atoms with Crippen molar-refractivity contribution in [3.05, 3.63) is 154 Å². The molecule has 5 aromatic rings. The number of carboxylic acid groups (broad SMARTS) is 1. The van der Waals surface area contributed by atoms with Crippen LogP contribution in [-0.4, -0.2) is 199 Å². The van der Waals surface area contributed by atoms with Crippen molar-refractivity contribution < 1.29 is 86.9 Å². The fraction of sp³-hybridized carbons (Fsp3) is 0.394. The Morgan fingerprint density at radius 2 is 1.14 bits per heavy atom. The quantitative estimate of drug-likeness (QED) is 0.0152. The van der Waals surface area contributed by atoms with Crippen molar-refractivity contribution in [3.63, 3.8) is 0 Å². The molecule has 0 heterocycles. The third kappa shape index (κ3) is 26.4. The lowest BCUT2D eigenvalue weighted by Crippen LogP contribution is -2.61. The number of likely N-dealkylation sites (N-methyl/N-ethyl adjacent to an activating group) is 1. The molecule has 0 saturated heterocycles. The first-order valence-electron chi connectivity index (χ1n) is 33.9. The van der Waals surface area contributed by atoms with Gasteiger partial charge in [0.2, 0.25) is 59.1 Å². The number of carbonyl (C=O) groups excluding carboxylic acids is 12. The number of nitrogens with two attached hydrogens (primary N) is 1. The first kappa shape index (κ1) is 82.5. The van der Waals surface area contributed by atoms with Crippen molar-refractivity contribution in [2.24, 2.45) is 21.9 Å². The summed E-state index contributed by atoms with van der Waals surface area (Å²) in [5.74, 6) is -11.6. The van der Waals surface area contributed by atoms with Gasteiger partial charge in [-0.1, -0.05) is 92.7 Å². The summed E-state index contributed by atoms with van der Waals surface area (Å²) in [6, 6.07) is 27.0. The highest BCUT2D eigenvalue weighted by Gasteiger charge is 2.35. The van der Waals surface area contributed by atoms with Crippen LogP contribution in [0.25, 0.3) is 11.1 Å². The Hall–Kier alpha value is -12.4. The molecule has 35 heteroatoms. The molecule has 12 amide bonds. The molecular formula is C71H88N16O19. The number of carboxylic acids is 1. The lowest BCUT2D eigenvalue weighted by Gasteiger charge is -2.28. The van der Waals surface area contributed by atoms with E-state index in [-0.39, 0.29) is 50.2 Å². The van der Waals surface area contributed by atoms with Gasteiger partial charge < -0.3 is 83.5 Å². The smallest absolute Gasteiger partial charge is 0.410 e. The van der Waals surface area contributed by atoms with Crippen LogP contribution in [0, 0.1) is 16.0 Å². The van der Waals surface area contributed by atoms with E-state index in [2.05, 4.69) is 63.4 Å². The molecule has 6 rings (SSSR count). The molecule has 0 aromatic heterocycles.